The van der Waals surface area contributed by atoms with Crippen LogP contribution in [0.5, 0.6) is 5.75 Å². The quantitative estimate of drug-likeness (QED) is 0.744. The van der Waals surface area contributed by atoms with Gasteiger partial charge in [-0.05, 0) is 43.0 Å². The van der Waals surface area contributed by atoms with Crippen molar-refractivity contribution in [3.8, 4) is 5.75 Å². The molecule has 14 heavy (non-hydrogen) atoms. The molecule has 0 radical (unpaired) electrons. The number of carbonyl (C=O) groups excluding carboxylic acids is 1. The first-order valence-electron chi connectivity index (χ1n) is 4.91. The Hall–Kier alpha value is -1.31. The van der Waals surface area contributed by atoms with Crippen LogP contribution in [0.3, 0.4) is 0 Å². The van der Waals surface area contributed by atoms with Crippen LogP contribution >= 0.6 is 0 Å². The fourth-order valence-electron chi connectivity index (χ4n) is 1.48. The SMILES string of the molecule is CCC(C=O)Cc1ccc(O)cc1C. The van der Waals surface area contributed by atoms with Crippen LogP contribution < -0.4 is 0 Å². The number of aldehydes is 1. The lowest BCUT2D eigenvalue weighted by Gasteiger charge is -2.10. The van der Waals surface area contributed by atoms with E-state index in [1.807, 2.05) is 19.9 Å². The van der Waals surface area contributed by atoms with Gasteiger partial charge in [-0.2, -0.15) is 0 Å². The van der Waals surface area contributed by atoms with E-state index in [1.54, 1.807) is 12.1 Å². The summed E-state index contributed by atoms with van der Waals surface area (Å²) < 4.78 is 0. The number of carbonyl (C=O) groups is 1. The molecule has 76 valence electrons. The van der Waals surface area contributed by atoms with E-state index < -0.39 is 0 Å². The van der Waals surface area contributed by atoms with Crippen molar-refractivity contribution in [2.24, 2.45) is 5.92 Å². The Bertz CT molecular complexity index is 318. The molecule has 1 rings (SSSR count). The molecule has 2 nitrogen and oxygen atoms in total. The van der Waals surface area contributed by atoms with Crippen molar-refractivity contribution < 1.29 is 9.90 Å². The van der Waals surface area contributed by atoms with Gasteiger partial charge in [0.15, 0.2) is 0 Å². The van der Waals surface area contributed by atoms with E-state index in [0.29, 0.717) is 0 Å². The highest BCUT2D eigenvalue weighted by atomic mass is 16.3. The van der Waals surface area contributed by atoms with Crippen LogP contribution in [0.2, 0.25) is 0 Å². The molecule has 0 saturated carbocycles. The summed E-state index contributed by atoms with van der Waals surface area (Å²) in [7, 11) is 0. The molecule has 1 N–H and O–H groups in total. The highest BCUT2D eigenvalue weighted by Gasteiger charge is 2.07. The maximum atomic E-state index is 10.7. The van der Waals surface area contributed by atoms with Gasteiger partial charge in [0.1, 0.15) is 12.0 Å². The molecule has 0 aliphatic carbocycles. The van der Waals surface area contributed by atoms with E-state index in [4.69, 9.17) is 0 Å². The van der Waals surface area contributed by atoms with Gasteiger partial charge in [-0.15, -0.1) is 0 Å². The van der Waals surface area contributed by atoms with Crippen molar-refractivity contribution in [1.29, 1.82) is 0 Å². The fraction of sp³-hybridized carbons (Fsp3) is 0.417. The third-order valence-corrected chi connectivity index (χ3v) is 2.53. The molecule has 0 saturated heterocycles. The van der Waals surface area contributed by atoms with Crippen LogP contribution in [0.15, 0.2) is 18.2 Å². The molecule has 0 aliphatic rings. The van der Waals surface area contributed by atoms with Crippen molar-refractivity contribution in [2.45, 2.75) is 26.7 Å². The summed E-state index contributed by atoms with van der Waals surface area (Å²) in [5, 5.41) is 9.22. The second kappa shape index (κ2) is 4.80. The number of aryl methyl sites for hydroxylation is 1. The lowest BCUT2D eigenvalue weighted by atomic mass is 9.95. The van der Waals surface area contributed by atoms with Crippen molar-refractivity contribution in [3.63, 3.8) is 0 Å². The summed E-state index contributed by atoms with van der Waals surface area (Å²) >= 11 is 0. The molecule has 0 fully saturated rings. The van der Waals surface area contributed by atoms with Crippen molar-refractivity contribution in [2.75, 3.05) is 0 Å². The van der Waals surface area contributed by atoms with Crippen LogP contribution in [0.1, 0.15) is 24.5 Å². The van der Waals surface area contributed by atoms with Crippen molar-refractivity contribution in [3.05, 3.63) is 29.3 Å². The van der Waals surface area contributed by atoms with Crippen LogP contribution in [0.4, 0.5) is 0 Å². The predicted octanol–water partition coefficient (Wildman–Crippen LogP) is 2.47. The third-order valence-electron chi connectivity index (χ3n) is 2.53. The van der Waals surface area contributed by atoms with E-state index in [2.05, 4.69) is 0 Å². The summed E-state index contributed by atoms with van der Waals surface area (Å²) in [4.78, 5) is 10.7. The molecule has 0 heterocycles. The Balaban J connectivity index is 2.80. The maximum Gasteiger partial charge on any atom is 0.123 e. The smallest absolute Gasteiger partial charge is 0.123 e. The first-order chi connectivity index (χ1) is 6.67. The van der Waals surface area contributed by atoms with Crippen LogP contribution in [-0.2, 0) is 11.2 Å². The largest absolute Gasteiger partial charge is 0.508 e. The Kier molecular flexibility index (Phi) is 3.69. The molecule has 2 heteroatoms. The zero-order valence-electron chi connectivity index (χ0n) is 8.66. The molecule has 1 aromatic carbocycles. The lowest BCUT2D eigenvalue weighted by molar-refractivity contribution is -0.111. The monoisotopic (exact) mass is 192 g/mol. The second-order valence-corrected chi connectivity index (χ2v) is 3.62. The molecule has 0 amide bonds. The minimum atomic E-state index is 0.0956. The van der Waals surface area contributed by atoms with Gasteiger partial charge in [0.05, 0.1) is 0 Å². The maximum absolute atomic E-state index is 10.7. The summed E-state index contributed by atoms with van der Waals surface area (Å²) in [6.45, 7) is 3.96. The molecule has 1 unspecified atom stereocenters. The predicted molar refractivity (Wildman–Crippen MR) is 56.4 cm³/mol. The number of aromatic hydroxyl groups is 1. The van der Waals surface area contributed by atoms with Crippen LogP contribution in [0.25, 0.3) is 0 Å². The van der Waals surface area contributed by atoms with E-state index in [-0.39, 0.29) is 11.7 Å². The number of hydrogen-bond donors (Lipinski definition) is 1. The van der Waals surface area contributed by atoms with E-state index >= 15 is 0 Å². The summed E-state index contributed by atoms with van der Waals surface area (Å²) in [5.41, 5.74) is 2.19. The Morgan fingerprint density at radius 2 is 2.21 bits per heavy atom. The zero-order chi connectivity index (χ0) is 10.6. The normalized spacial score (nSPS) is 12.4. The van der Waals surface area contributed by atoms with E-state index in [0.717, 1.165) is 30.3 Å². The second-order valence-electron chi connectivity index (χ2n) is 3.62. The Morgan fingerprint density at radius 3 is 2.71 bits per heavy atom. The first-order valence-corrected chi connectivity index (χ1v) is 4.91. The van der Waals surface area contributed by atoms with E-state index in [1.165, 1.54) is 0 Å². The lowest BCUT2D eigenvalue weighted by Crippen LogP contribution is -2.05. The number of rotatable bonds is 4. The average molecular weight is 192 g/mol. The minimum Gasteiger partial charge on any atom is -0.508 e. The molecule has 0 aromatic heterocycles. The van der Waals surface area contributed by atoms with Gasteiger partial charge in [-0.1, -0.05) is 13.0 Å². The summed E-state index contributed by atoms with van der Waals surface area (Å²) in [5.74, 6) is 0.378. The number of benzene rings is 1. The van der Waals surface area contributed by atoms with Crippen LogP contribution in [-0.4, -0.2) is 11.4 Å². The van der Waals surface area contributed by atoms with Gasteiger partial charge in [0.25, 0.3) is 0 Å². The Morgan fingerprint density at radius 1 is 1.50 bits per heavy atom. The summed E-state index contributed by atoms with van der Waals surface area (Å²) in [6.07, 6.45) is 2.64. The summed E-state index contributed by atoms with van der Waals surface area (Å²) in [6, 6.07) is 5.28. The van der Waals surface area contributed by atoms with Gasteiger partial charge < -0.3 is 9.90 Å². The molecule has 1 atom stereocenters. The number of phenolic OH excluding ortho intramolecular Hbond substituents is 1. The topological polar surface area (TPSA) is 37.3 Å². The van der Waals surface area contributed by atoms with Gasteiger partial charge in [0.2, 0.25) is 0 Å². The highest BCUT2D eigenvalue weighted by Crippen LogP contribution is 2.19. The fourth-order valence-corrected chi connectivity index (χ4v) is 1.48. The average Bonchev–Trinajstić information content (AvgIpc) is 2.17. The number of phenols is 1. The molecular formula is C12H16O2. The molecular weight excluding hydrogens is 176 g/mol. The first kappa shape index (κ1) is 10.8. The van der Waals surface area contributed by atoms with Crippen molar-refractivity contribution >= 4 is 6.29 Å². The van der Waals surface area contributed by atoms with Gasteiger partial charge >= 0.3 is 0 Å². The molecule has 0 aliphatic heterocycles. The van der Waals surface area contributed by atoms with Crippen LogP contribution in [0, 0.1) is 12.8 Å². The molecule has 1 aromatic rings. The standard InChI is InChI=1S/C12H16O2/c1-3-10(8-13)7-11-4-5-12(14)6-9(11)2/h4-6,8,10,14H,3,7H2,1-2H3. The zero-order valence-corrected chi connectivity index (χ0v) is 8.66. The third kappa shape index (κ3) is 2.59. The molecule has 0 bridgehead atoms. The van der Waals surface area contributed by atoms with E-state index in [9.17, 15) is 9.90 Å². The Labute approximate surface area is 84.6 Å². The van der Waals surface area contributed by atoms with Gasteiger partial charge in [-0.25, -0.2) is 0 Å². The molecule has 0 spiro atoms. The van der Waals surface area contributed by atoms with Crippen molar-refractivity contribution in [1.82, 2.24) is 0 Å². The highest BCUT2D eigenvalue weighted by molar-refractivity contribution is 5.54. The van der Waals surface area contributed by atoms with Gasteiger partial charge in [0, 0.05) is 5.92 Å². The minimum absolute atomic E-state index is 0.0956. The number of hydrogen-bond acceptors (Lipinski definition) is 2. The van der Waals surface area contributed by atoms with Gasteiger partial charge in [-0.3, -0.25) is 0 Å².